The number of ether oxygens (including phenoxy) is 2. The molecule has 0 radical (unpaired) electrons. The molecule has 5 nitrogen and oxygen atoms in total. The van der Waals surface area contributed by atoms with Crippen molar-refractivity contribution in [3.8, 4) is 0 Å². The second-order valence-electron chi connectivity index (χ2n) is 5.57. The molecular weight excluding hydrogens is 377 g/mol. The van der Waals surface area contributed by atoms with Gasteiger partial charge in [-0.3, -0.25) is 4.79 Å². The number of carbonyl (C=O) groups is 2. The van der Waals surface area contributed by atoms with E-state index in [2.05, 4.69) is 0 Å². The van der Waals surface area contributed by atoms with Gasteiger partial charge in [-0.2, -0.15) is 0 Å². The molecule has 132 valence electrons. The number of likely N-dealkylation sites (tertiary alicyclic amines) is 1. The highest BCUT2D eigenvalue weighted by Crippen LogP contribution is 2.31. The Bertz CT molecular complexity index is 615. The molecule has 1 saturated heterocycles. The Morgan fingerprint density at radius 2 is 1.88 bits per heavy atom. The summed E-state index contributed by atoms with van der Waals surface area (Å²) in [6, 6.07) is 3.08. The molecule has 8 heteroatoms. The van der Waals surface area contributed by atoms with Crippen molar-refractivity contribution in [2.75, 3.05) is 13.2 Å². The van der Waals surface area contributed by atoms with Crippen LogP contribution < -0.4 is 0 Å². The predicted octanol–water partition coefficient (Wildman–Crippen LogP) is 4.56. The van der Waals surface area contributed by atoms with E-state index >= 15 is 0 Å². The Labute approximate surface area is 155 Å². The summed E-state index contributed by atoms with van der Waals surface area (Å²) in [6.07, 6.45) is -0.694. The highest BCUT2D eigenvalue weighted by molar-refractivity contribution is 6.39. The summed E-state index contributed by atoms with van der Waals surface area (Å²) in [4.78, 5) is 25.7. The van der Waals surface area contributed by atoms with Crippen LogP contribution in [0.25, 0.3) is 0 Å². The summed E-state index contributed by atoms with van der Waals surface area (Å²) in [7, 11) is 0. The van der Waals surface area contributed by atoms with Gasteiger partial charge >= 0.3 is 6.16 Å². The van der Waals surface area contributed by atoms with E-state index in [1.165, 1.54) is 17.0 Å². The SMILES string of the molecule is CCOC(=O)OC1C(C)CCN1C(=O)Cc1c(Cl)cc(Cl)cc1Cl. The van der Waals surface area contributed by atoms with Crippen LogP contribution in [0.2, 0.25) is 15.1 Å². The molecule has 2 rings (SSSR count). The van der Waals surface area contributed by atoms with E-state index in [0.29, 0.717) is 27.2 Å². The van der Waals surface area contributed by atoms with Gasteiger partial charge in [0.25, 0.3) is 0 Å². The van der Waals surface area contributed by atoms with Gasteiger partial charge in [-0.15, -0.1) is 0 Å². The van der Waals surface area contributed by atoms with Crippen molar-refractivity contribution in [2.45, 2.75) is 32.9 Å². The maximum Gasteiger partial charge on any atom is 0.510 e. The number of rotatable bonds is 4. The Balaban J connectivity index is 2.12. The first-order chi connectivity index (χ1) is 11.3. The lowest BCUT2D eigenvalue weighted by molar-refractivity contribution is -0.140. The predicted molar refractivity (Wildman–Crippen MR) is 92.6 cm³/mol. The van der Waals surface area contributed by atoms with Crippen LogP contribution in [-0.2, 0) is 20.7 Å². The molecule has 1 aliphatic heterocycles. The van der Waals surface area contributed by atoms with Gasteiger partial charge in [0, 0.05) is 27.5 Å². The third-order valence-corrected chi connectivity index (χ3v) is 4.75. The van der Waals surface area contributed by atoms with E-state index in [-0.39, 0.29) is 24.9 Å². The lowest BCUT2D eigenvalue weighted by Gasteiger charge is -2.26. The molecule has 24 heavy (non-hydrogen) atoms. The second kappa shape index (κ2) is 8.28. The topological polar surface area (TPSA) is 55.8 Å². The summed E-state index contributed by atoms with van der Waals surface area (Å²) in [6.45, 7) is 4.31. The van der Waals surface area contributed by atoms with Gasteiger partial charge in [0.05, 0.1) is 13.0 Å². The third-order valence-electron chi connectivity index (χ3n) is 3.85. The summed E-state index contributed by atoms with van der Waals surface area (Å²) >= 11 is 18.1. The minimum Gasteiger partial charge on any atom is -0.435 e. The van der Waals surface area contributed by atoms with Crippen molar-refractivity contribution in [1.29, 1.82) is 0 Å². The zero-order valence-electron chi connectivity index (χ0n) is 13.4. The number of benzene rings is 1. The zero-order valence-corrected chi connectivity index (χ0v) is 15.6. The van der Waals surface area contributed by atoms with E-state index in [9.17, 15) is 9.59 Å². The quantitative estimate of drug-likeness (QED) is 0.703. The van der Waals surface area contributed by atoms with E-state index in [0.717, 1.165) is 6.42 Å². The lowest BCUT2D eigenvalue weighted by Crippen LogP contribution is -2.41. The highest BCUT2D eigenvalue weighted by atomic mass is 35.5. The normalized spacial score (nSPS) is 20.1. The van der Waals surface area contributed by atoms with E-state index in [4.69, 9.17) is 44.3 Å². The molecule has 0 spiro atoms. The fourth-order valence-corrected chi connectivity index (χ4v) is 3.56. The molecule has 0 aromatic heterocycles. The van der Waals surface area contributed by atoms with Crippen molar-refractivity contribution in [3.05, 3.63) is 32.8 Å². The summed E-state index contributed by atoms with van der Waals surface area (Å²) < 4.78 is 10.1. The molecule has 2 atom stereocenters. The van der Waals surface area contributed by atoms with Crippen molar-refractivity contribution in [1.82, 2.24) is 4.90 Å². The number of amides is 1. The van der Waals surface area contributed by atoms with Crippen LogP contribution in [0, 0.1) is 5.92 Å². The molecule has 1 heterocycles. The second-order valence-corrected chi connectivity index (χ2v) is 6.82. The van der Waals surface area contributed by atoms with Gasteiger partial charge in [-0.05, 0) is 31.0 Å². The average molecular weight is 395 g/mol. The molecule has 1 aliphatic rings. The fourth-order valence-electron chi connectivity index (χ4n) is 2.61. The molecule has 0 N–H and O–H groups in total. The Hall–Kier alpha value is -1.17. The minimum atomic E-state index is -0.781. The zero-order chi connectivity index (χ0) is 17.9. The Morgan fingerprint density at radius 1 is 1.25 bits per heavy atom. The molecule has 1 aromatic rings. The number of carbonyl (C=O) groups excluding carboxylic acids is 2. The van der Waals surface area contributed by atoms with Gasteiger partial charge in [0.1, 0.15) is 0 Å². The summed E-state index contributed by atoms with van der Waals surface area (Å²) in [5, 5.41) is 1.06. The smallest absolute Gasteiger partial charge is 0.435 e. The Kier molecular flexibility index (Phi) is 6.61. The molecule has 2 unspecified atom stereocenters. The van der Waals surface area contributed by atoms with Crippen LogP contribution in [0.1, 0.15) is 25.8 Å². The first kappa shape index (κ1) is 19.2. The highest BCUT2D eigenvalue weighted by Gasteiger charge is 2.37. The van der Waals surface area contributed by atoms with Crippen molar-refractivity contribution in [2.24, 2.45) is 5.92 Å². The molecule has 0 bridgehead atoms. The van der Waals surface area contributed by atoms with Gasteiger partial charge in [0.15, 0.2) is 6.23 Å². The minimum absolute atomic E-state index is 0.00421. The maximum absolute atomic E-state index is 12.6. The molecule has 1 aromatic carbocycles. The van der Waals surface area contributed by atoms with Crippen LogP contribution in [-0.4, -0.2) is 36.3 Å². The van der Waals surface area contributed by atoms with Crippen LogP contribution in [0.5, 0.6) is 0 Å². The first-order valence-electron chi connectivity index (χ1n) is 7.59. The monoisotopic (exact) mass is 393 g/mol. The average Bonchev–Trinajstić information content (AvgIpc) is 2.84. The van der Waals surface area contributed by atoms with Crippen LogP contribution in [0.15, 0.2) is 12.1 Å². The first-order valence-corrected chi connectivity index (χ1v) is 8.73. The molecular formula is C16H18Cl3NO4. The summed E-state index contributed by atoms with van der Waals surface area (Å²) in [5.41, 5.74) is 0.502. The van der Waals surface area contributed by atoms with Crippen LogP contribution in [0.3, 0.4) is 0 Å². The molecule has 0 saturated carbocycles. The fraction of sp³-hybridized carbons (Fsp3) is 0.500. The number of hydrogen-bond acceptors (Lipinski definition) is 4. The molecule has 0 aliphatic carbocycles. The number of halogens is 3. The molecule has 1 fully saturated rings. The van der Waals surface area contributed by atoms with Crippen molar-refractivity contribution >= 4 is 46.9 Å². The number of hydrogen-bond donors (Lipinski definition) is 0. The van der Waals surface area contributed by atoms with E-state index in [1.807, 2.05) is 6.92 Å². The van der Waals surface area contributed by atoms with E-state index in [1.54, 1.807) is 6.92 Å². The van der Waals surface area contributed by atoms with E-state index < -0.39 is 12.4 Å². The Morgan fingerprint density at radius 3 is 2.46 bits per heavy atom. The largest absolute Gasteiger partial charge is 0.510 e. The number of nitrogens with zero attached hydrogens (tertiary/aromatic N) is 1. The lowest BCUT2D eigenvalue weighted by atomic mass is 10.1. The molecule has 1 amide bonds. The maximum atomic E-state index is 12.6. The standard InChI is InChI=1S/C16H18Cl3NO4/c1-3-23-16(22)24-15-9(2)4-5-20(15)14(21)8-11-12(18)6-10(17)7-13(11)19/h6-7,9,15H,3-5,8H2,1-2H3. The van der Waals surface area contributed by atoms with Gasteiger partial charge in [-0.25, -0.2) is 4.79 Å². The van der Waals surface area contributed by atoms with Gasteiger partial charge < -0.3 is 14.4 Å². The third kappa shape index (κ3) is 4.47. The van der Waals surface area contributed by atoms with Crippen molar-refractivity contribution < 1.29 is 19.1 Å². The van der Waals surface area contributed by atoms with Gasteiger partial charge in [0.2, 0.25) is 5.91 Å². The van der Waals surface area contributed by atoms with Crippen molar-refractivity contribution in [3.63, 3.8) is 0 Å². The van der Waals surface area contributed by atoms with Crippen LogP contribution >= 0.6 is 34.8 Å². The van der Waals surface area contributed by atoms with Crippen LogP contribution in [0.4, 0.5) is 4.79 Å². The van der Waals surface area contributed by atoms with Gasteiger partial charge in [-0.1, -0.05) is 41.7 Å². The summed E-state index contributed by atoms with van der Waals surface area (Å²) in [5.74, 6) is -0.200.